The number of carbonyl (C=O) groups excluding carboxylic acids is 2. The van der Waals surface area contributed by atoms with Crippen LogP contribution in [-0.4, -0.2) is 35.5 Å². The van der Waals surface area contributed by atoms with Gasteiger partial charge in [0, 0.05) is 5.56 Å². The molecule has 0 spiro atoms. The van der Waals surface area contributed by atoms with E-state index in [1.165, 1.54) is 24.3 Å². The fraction of sp³-hybridized carbons (Fsp3) is 0.357. The van der Waals surface area contributed by atoms with Gasteiger partial charge in [-0.1, -0.05) is 13.8 Å². The Kier molecular flexibility index (Phi) is 5.71. The summed E-state index contributed by atoms with van der Waals surface area (Å²) in [5, 5.41) is 11.5. The molecule has 2 amide bonds. The highest BCUT2D eigenvalue weighted by Crippen LogP contribution is 2.12. The topological polar surface area (TPSA) is 119 Å². The Bertz CT molecular complexity index is 525. The van der Waals surface area contributed by atoms with E-state index in [0.717, 1.165) is 0 Å². The van der Waals surface area contributed by atoms with Crippen molar-refractivity contribution in [3.05, 3.63) is 29.8 Å². The largest absolute Gasteiger partial charge is 0.484 e. The van der Waals surface area contributed by atoms with Gasteiger partial charge in [0.15, 0.2) is 6.61 Å². The summed E-state index contributed by atoms with van der Waals surface area (Å²) in [6, 6.07) is 5.00. The highest BCUT2D eigenvalue weighted by atomic mass is 16.5. The van der Waals surface area contributed by atoms with Crippen molar-refractivity contribution in [2.45, 2.75) is 19.9 Å². The number of hydrogen-bond acceptors (Lipinski definition) is 4. The van der Waals surface area contributed by atoms with Crippen molar-refractivity contribution in [3.8, 4) is 5.75 Å². The molecule has 0 bridgehead atoms. The molecule has 7 nitrogen and oxygen atoms in total. The number of ether oxygens (including phenoxy) is 1. The molecule has 0 heterocycles. The molecule has 0 radical (unpaired) electrons. The summed E-state index contributed by atoms with van der Waals surface area (Å²) in [5.41, 5.74) is 5.25. The molecule has 1 atom stereocenters. The van der Waals surface area contributed by atoms with Gasteiger partial charge in [0.25, 0.3) is 11.8 Å². The van der Waals surface area contributed by atoms with E-state index in [-0.39, 0.29) is 12.5 Å². The summed E-state index contributed by atoms with van der Waals surface area (Å²) < 4.78 is 5.06. The number of amides is 2. The number of carboxylic acids is 1. The minimum atomic E-state index is -1.08. The number of aliphatic carboxylic acids is 1. The molecule has 0 saturated heterocycles. The molecule has 0 aliphatic heterocycles. The van der Waals surface area contributed by atoms with Gasteiger partial charge >= 0.3 is 5.97 Å². The second kappa shape index (κ2) is 7.28. The maximum Gasteiger partial charge on any atom is 0.326 e. The van der Waals surface area contributed by atoms with Crippen LogP contribution in [0.15, 0.2) is 24.3 Å². The van der Waals surface area contributed by atoms with Gasteiger partial charge in [0.05, 0.1) is 0 Å². The molecular weight excluding hydrogens is 276 g/mol. The standard InChI is InChI=1S/C14H18N2O5/c1-8(2)12(14(19)20)16-13(18)9-3-5-10(6-4-9)21-7-11(15)17/h3-6,8,12H,7H2,1-2H3,(H2,15,17)(H,16,18)(H,19,20)/t12-/m0/s1. The summed E-state index contributed by atoms with van der Waals surface area (Å²) >= 11 is 0. The number of rotatable bonds is 7. The Morgan fingerprint density at radius 2 is 1.81 bits per heavy atom. The Morgan fingerprint density at radius 1 is 1.24 bits per heavy atom. The quantitative estimate of drug-likeness (QED) is 0.672. The Hall–Kier alpha value is -2.57. The van der Waals surface area contributed by atoms with Gasteiger partial charge in [0.1, 0.15) is 11.8 Å². The van der Waals surface area contributed by atoms with Crippen LogP contribution in [0.2, 0.25) is 0 Å². The molecule has 1 rings (SSSR count). The van der Waals surface area contributed by atoms with Crippen LogP contribution in [0.5, 0.6) is 5.75 Å². The maximum absolute atomic E-state index is 12.0. The van der Waals surface area contributed by atoms with Gasteiger partial charge in [-0.3, -0.25) is 9.59 Å². The summed E-state index contributed by atoms with van der Waals surface area (Å²) in [7, 11) is 0. The first-order valence-electron chi connectivity index (χ1n) is 6.36. The normalized spacial score (nSPS) is 11.8. The van der Waals surface area contributed by atoms with E-state index in [1.54, 1.807) is 13.8 Å². The van der Waals surface area contributed by atoms with E-state index in [2.05, 4.69) is 5.32 Å². The van der Waals surface area contributed by atoms with Crippen molar-refractivity contribution in [1.82, 2.24) is 5.32 Å². The third-order valence-electron chi connectivity index (χ3n) is 2.72. The lowest BCUT2D eigenvalue weighted by atomic mass is 10.0. The first-order valence-corrected chi connectivity index (χ1v) is 6.36. The molecule has 0 aliphatic rings. The zero-order valence-electron chi connectivity index (χ0n) is 11.8. The molecule has 0 saturated carbocycles. The van der Waals surface area contributed by atoms with Crippen LogP contribution in [-0.2, 0) is 9.59 Å². The lowest BCUT2D eigenvalue weighted by Crippen LogP contribution is -2.44. The van der Waals surface area contributed by atoms with Crippen LogP contribution in [0, 0.1) is 5.92 Å². The number of primary amides is 1. The number of benzene rings is 1. The van der Waals surface area contributed by atoms with Gasteiger partial charge in [-0.05, 0) is 30.2 Å². The van der Waals surface area contributed by atoms with Crippen molar-refractivity contribution in [3.63, 3.8) is 0 Å². The summed E-state index contributed by atoms with van der Waals surface area (Å²) in [6.45, 7) is 3.17. The fourth-order valence-corrected chi connectivity index (χ4v) is 1.60. The molecule has 0 aromatic heterocycles. The van der Waals surface area contributed by atoms with Crippen molar-refractivity contribution in [2.75, 3.05) is 6.61 Å². The lowest BCUT2D eigenvalue weighted by Gasteiger charge is -2.17. The molecule has 0 aliphatic carbocycles. The number of carbonyl (C=O) groups is 3. The fourth-order valence-electron chi connectivity index (χ4n) is 1.60. The minimum absolute atomic E-state index is 0.232. The highest BCUT2D eigenvalue weighted by molar-refractivity contribution is 5.96. The van der Waals surface area contributed by atoms with E-state index >= 15 is 0 Å². The van der Waals surface area contributed by atoms with E-state index in [1.807, 2.05) is 0 Å². The zero-order valence-corrected chi connectivity index (χ0v) is 11.8. The average molecular weight is 294 g/mol. The molecule has 1 aromatic carbocycles. The Labute approximate surface area is 122 Å². The van der Waals surface area contributed by atoms with Gasteiger partial charge in [0.2, 0.25) is 0 Å². The van der Waals surface area contributed by atoms with Gasteiger partial charge in [-0.15, -0.1) is 0 Å². The van der Waals surface area contributed by atoms with Gasteiger partial charge < -0.3 is 20.9 Å². The average Bonchev–Trinajstić information content (AvgIpc) is 2.42. The number of nitrogens with one attached hydrogen (secondary N) is 1. The molecule has 114 valence electrons. The monoisotopic (exact) mass is 294 g/mol. The van der Waals surface area contributed by atoms with E-state index in [9.17, 15) is 14.4 Å². The van der Waals surface area contributed by atoms with Gasteiger partial charge in [-0.25, -0.2) is 4.79 Å². The highest BCUT2D eigenvalue weighted by Gasteiger charge is 2.23. The van der Waals surface area contributed by atoms with E-state index < -0.39 is 23.8 Å². The van der Waals surface area contributed by atoms with Crippen LogP contribution in [0.3, 0.4) is 0 Å². The number of nitrogens with two attached hydrogens (primary N) is 1. The van der Waals surface area contributed by atoms with E-state index in [4.69, 9.17) is 15.6 Å². The second-order valence-corrected chi connectivity index (χ2v) is 4.81. The SMILES string of the molecule is CC(C)[C@H](NC(=O)c1ccc(OCC(N)=O)cc1)C(=O)O. The molecule has 21 heavy (non-hydrogen) atoms. The molecule has 4 N–H and O–H groups in total. The third kappa shape index (κ3) is 5.13. The lowest BCUT2D eigenvalue weighted by molar-refractivity contribution is -0.140. The Morgan fingerprint density at radius 3 is 2.24 bits per heavy atom. The van der Waals surface area contributed by atoms with Crippen LogP contribution >= 0.6 is 0 Å². The molecule has 0 unspecified atom stereocenters. The maximum atomic E-state index is 12.0. The van der Waals surface area contributed by atoms with Gasteiger partial charge in [-0.2, -0.15) is 0 Å². The van der Waals surface area contributed by atoms with Crippen LogP contribution in [0.1, 0.15) is 24.2 Å². The third-order valence-corrected chi connectivity index (χ3v) is 2.72. The molecule has 7 heteroatoms. The second-order valence-electron chi connectivity index (χ2n) is 4.81. The van der Waals surface area contributed by atoms with Crippen molar-refractivity contribution < 1.29 is 24.2 Å². The van der Waals surface area contributed by atoms with Crippen LogP contribution in [0.4, 0.5) is 0 Å². The predicted octanol–water partition coefficient (Wildman–Crippen LogP) is 0.390. The molecule has 0 fully saturated rings. The van der Waals surface area contributed by atoms with Crippen molar-refractivity contribution in [1.29, 1.82) is 0 Å². The summed E-state index contributed by atoms with van der Waals surface area (Å²) in [4.78, 5) is 33.6. The summed E-state index contributed by atoms with van der Waals surface area (Å²) in [6.07, 6.45) is 0. The predicted molar refractivity (Wildman–Crippen MR) is 74.9 cm³/mol. The first-order chi connectivity index (χ1) is 9.81. The smallest absolute Gasteiger partial charge is 0.326 e. The molecule has 1 aromatic rings. The van der Waals surface area contributed by atoms with Crippen molar-refractivity contribution in [2.24, 2.45) is 11.7 Å². The minimum Gasteiger partial charge on any atom is -0.484 e. The van der Waals surface area contributed by atoms with Crippen molar-refractivity contribution >= 4 is 17.8 Å². The van der Waals surface area contributed by atoms with Crippen LogP contribution < -0.4 is 15.8 Å². The number of hydrogen-bond donors (Lipinski definition) is 3. The summed E-state index contributed by atoms with van der Waals surface area (Å²) in [5.74, 6) is -2.01. The van der Waals surface area contributed by atoms with E-state index in [0.29, 0.717) is 11.3 Å². The Balaban J connectivity index is 2.70. The van der Waals surface area contributed by atoms with Crippen LogP contribution in [0.25, 0.3) is 0 Å². The molecular formula is C14H18N2O5. The first kappa shape index (κ1) is 16.5. The zero-order chi connectivity index (χ0) is 16.0. The number of carboxylic acid groups (broad SMARTS) is 1.